The zero-order valence-electron chi connectivity index (χ0n) is 11.5. The molecule has 0 saturated heterocycles. The van der Waals surface area contributed by atoms with Gasteiger partial charge in [-0.15, -0.1) is 0 Å². The number of hydrogen-bond donors (Lipinski definition) is 1. The SMILES string of the molecule is COC(=O)c1ccnc(NC(C(=O)OC)C(C)C)c1. The molecule has 1 N–H and O–H groups in total. The second-order valence-corrected chi connectivity index (χ2v) is 4.31. The Bertz CT molecular complexity index is 460. The van der Waals surface area contributed by atoms with Gasteiger partial charge in [0.1, 0.15) is 11.9 Å². The Hall–Kier alpha value is -2.11. The lowest BCUT2D eigenvalue weighted by Crippen LogP contribution is -2.35. The Labute approximate surface area is 112 Å². The molecule has 1 unspecified atom stereocenters. The number of aromatic nitrogens is 1. The number of anilines is 1. The number of ether oxygens (including phenoxy) is 2. The number of methoxy groups -OCH3 is 2. The molecule has 1 atom stereocenters. The largest absolute Gasteiger partial charge is 0.467 e. The third-order valence-electron chi connectivity index (χ3n) is 2.61. The number of nitrogens with zero attached hydrogens (tertiary/aromatic N) is 1. The lowest BCUT2D eigenvalue weighted by Gasteiger charge is -2.20. The number of hydrogen-bond acceptors (Lipinski definition) is 6. The highest BCUT2D eigenvalue weighted by molar-refractivity contribution is 5.90. The molecule has 0 aromatic carbocycles. The molecule has 0 bridgehead atoms. The van der Waals surface area contributed by atoms with Crippen molar-refractivity contribution in [2.45, 2.75) is 19.9 Å². The lowest BCUT2D eigenvalue weighted by atomic mass is 10.0. The summed E-state index contributed by atoms with van der Waals surface area (Å²) in [7, 11) is 2.64. The van der Waals surface area contributed by atoms with Gasteiger partial charge >= 0.3 is 11.9 Å². The van der Waals surface area contributed by atoms with Crippen molar-refractivity contribution in [1.29, 1.82) is 0 Å². The van der Waals surface area contributed by atoms with Crippen molar-refractivity contribution in [3.05, 3.63) is 23.9 Å². The van der Waals surface area contributed by atoms with Gasteiger partial charge in [0.15, 0.2) is 0 Å². The zero-order chi connectivity index (χ0) is 14.4. The van der Waals surface area contributed by atoms with Gasteiger partial charge in [-0.1, -0.05) is 13.8 Å². The molecular weight excluding hydrogens is 248 g/mol. The monoisotopic (exact) mass is 266 g/mol. The van der Waals surface area contributed by atoms with Crippen molar-refractivity contribution >= 4 is 17.8 Å². The fourth-order valence-corrected chi connectivity index (χ4v) is 1.54. The molecule has 0 amide bonds. The van der Waals surface area contributed by atoms with Gasteiger partial charge in [-0.05, 0) is 18.1 Å². The Morgan fingerprint density at radius 1 is 1.26 bits per heavy atom. The normalized spacial score (nSPS) is 11.8. The Kier molecular flexibility index (Phi) is 5.29. The van der Waals surface area contributed by atoms with E-state index < -0.39 is 12.0 Å². The first-order chi connectivity index (χ1) is 8.99. The molecule has 0 radical (unpaired) electrons. The van der Waals surface area contributed by atoms with Crippen LogP contribution in [-0.4, -0.2) is 37.2 Å². The van der Waals surface area contributed by atoms with Crippen LogP contribution < -0.4 is 5.32 Å². The molecule has 6 heteroatoms. The fraction of sp³-hybridized carbons (Fsp3) is 0.462. The summed E-state index contributed by atoms with van der Waals surface area (Å²) in [5, 5.41) is 2.96. The summed E-state index contributed by atoms with van der Waals surface area (Å²) in [5.74, 6) is -0.382. The van der Waals surface area contributed by atoms with Gasteiger partial charge in [0.25, 0.3) is 0 Å². The van der Waals surface area contributed by atoms with Crippen molar-refractivity contribution in [2.75, 3.05) is 19.5 Å². The number of esters is 2. The molecule has 19 heavy (non-hydrogen) atoms. The topological polar surface area (TPSA) is 77.5 Å². The minimum absolute atomic E-state index is 0.0241. The Balaban J connectivity index is 2.91. The second kappa shape index (κ2) is 6.72. The van der Waals surface area contributed by atoms with Crippen molar-refractivity contribution in [2.24, 2.45) is 5.92 Å². The first-order valence-electron chi connectivity index (χ1n) is 5.88. The maximum Gasteiger partial charge on any atom is 0.338 e. The second-order valence-electron chi connectivity index (χ2n) is 4.31. The number of carbonyl (C=O) groups excluding carboxylic acids is 2. The minimum Gasteiger partial charge on any atom is -0.467 e. The summed E-state index contributed by atoms with van der Waals surface area (Å²) < 4.78 is 9.35. The molecular formula is C13H18N2O4. The van der Waals surface area contributed by atoms with Crippen LogP contribution in [0.15, 0.2) is 18.3 Å². The highest BCUT2D eigenvalue weighted by atomic mass is 16.5. The molecule has 104 valence electrons. The molecule has 1 aromatic heterocycles. The van der Waals surface area contributed by atoms with Gasteiger partial charge < -0.3 is 14.8 Å². The van der Waals surface area contributed by atoms with Crippen LogP contribution in [0.4, 0.5) is 5.82 Å². The molecule has 1 aromatic rings. The quantitative estimate of drug-likeness (QED) is 0.813. The van der Waals surface area contributed by atoms with E-state index >= 15 is 0 Å². The van der Waals surface area contributed by atoms with E-state index in [1.807, 2.05) is 13.8 Å². The number of rotatable bonds is 5. The standard InChI is InChI=1S/C13H18N2O4/c1-8(2)11(13(17)19-4)15-10-7-9(5-6-14-10)12(16)18-3/h5-8,11H,1-4H3,(H,14,15). The summed E-state index contributed by atoms with van der Waals surface area (Å²) in [6, 6.07) is 2.55. The highest BCUT2D eigenvalue weighted by Crippen LogP contribution is 2.13. The van der Waals surface area contributed by atoms with Gasteiger partial charge in [-0.3, -0.25) is 0 Å². The molecule has 1 rings (SSSR count). The summed E-state index contributed by atoms with van der Waals surface area (Å²) >= 11 is 0. The van der Waals surface area contributed by atoms with Crippen LogP contribution in [0.2, 0.25) is 0 Å². The molecule has 6 nitrogen and oxygen atoms in total. The average Bonchev–Trinajstić information content (AvgIpc) is 2.43. The Morgan fingerprint density at radius 2 is 1.95 bits per heavy atom. The van der Waals surface area contributed by atoms with E-state index in [4.69, 9.17) is 4.74 Å². The van der Waals surface area contributed by atoms with Gasteiger partial charge in [0, 0.05) is 6.20 Å². The first kappa shape index (κ1) is 14.9. The van der Waals surface area contributed by atoms with Crippen LogP contribution >= 0.6 is 0 Å². The molecule has 1 heterocycles. The van der Waals surface area contributed by atoms with Crippen LogP contribution in [0.5, 0.6) is 0 Å². The van der Waals surface area contributed by atoms with E-state index in [2.05, 4.69) is 15.0 Å². The van der Waals surface area contributed by atoms with Crippen molar-refractivity contribution in [1.82, 2.24) is 4.98 Å². The average molecular weight is 266 g/mol. The van der Waals surface area contributed by atoms with Crippen LogP contribution in [0, 0.1) is 5.92 Å². The summed E-state index contributed by atoms with van der Waals surface area (Å²) in [4.78, 5) is 27.1. The Morgan fingerprint density at radius 3 is 2.47 bits per heavy atom. The predicted octanol–water partition coefficient (Wildman–Crippen LogP) is 1.48. The number of pyridine rings is 1. The van der Waals surface area contributed by atoms with E-state index in [-0.39, 0.29) is 11.9 Å². The van der Waals surface area contributed by atoms with Gasteiger partial charge in [0.2, 0.25) is 0 Å². The predicted molar refractivity (Wildman–Crippen MR) is 69.8 cm³/mol. The van der Waals surface area contributed by atoms with Crippen molar-refractivity contribution in [3.63, 3.8) is 0 Å². The number of carbonyl (C=O) groups is 2. The van der Waals surface area contributed by atoms with E-state index in [1.165, 1.54) is 26.5 Å². The summed E-state index contributed by atoms with van der Waals surface area (Å²) in [6.45, 7) is 3.78. The van der Waals surface area contributed by atoms with Crippen LogP contribution in [0.25, 0.3) is 0 Å². The van der Waals surface area contributed by atoms with E-state index in [0.717, 1.165) is 0 Å². The maximum atomic E-state index is 11.6. The van der Waals surface area contributed by atoms with Crippen LogP contribution in [0.3, 0.4) is 0 Å². The smallest absolute Gasteiger partial charge is 0.338 e. The molecule has 0 spiro atoms. The van der Waals surface area contributed by atoms with E-state index in [0.29, 0.717) is 11.4 Å². The maximum absolute atomic E-state index is 11.6. The van der Waals surface area contributed by atoms with E-state index in [9.17, 15) is 9.59 Å². The van der Waals surface area contributed by atoms with Crippen molar-refractivity contribution in [3.8, 4) is 0 Å². The third kappa shape index (κ3) is 3.94. The summed E-state index contributed by atoms with van der Waals surface area (Å²) in [6.07, 6.45) is 1.48. The van der Waals surface area contributed by atoms with Crippen LogP contribution in [0.1, 0.15) is 24.2 Å². The molecule has 0 fully saturated rings. The van der Waals surface area contributed by atoms with Gasteiger partial charge in [0.05, 0.1) is 19.8 Å². The molecule has 0 aliphatic rings. The first-order valence-corrected chi connectivity index (χ1v) is 5.88. The van der Waals surface area contributed by atoms with Crippen molar-refractivity contribution < 1.29 is 19.1 Å². The lowest BCUT2D eigenvalue weighted by molar-refractivity contribution is -0.142. The molecule has 0 aliphatic heterocycles. The zero-order valence-corrected chi connectivity index (χ0v) is 11.5. The highest BCUT2D eigenvalue weighted by Gasteiger charge is 2.23. The fourth-order valence-electron chi connectivity index (χ4n) is 1.54. The van der Waals surface area contributed by atoms with Crippen LogP contribution in [-0.2, 0) is 14.3 Å². The van der Waals surface area contributed by atoms with Gasteiger partial charge in [-0.2, -0.15) is 0 Å². The van der Waals surface area contributed by atoms with Gasteiger partial charge in [-0.25, -0.2) is 14.6 Å². The molecule has 0 aliphatic carbocycles. The van der Waals surface area contributed by atoms with E-state index in [1.54, 1.807) is 6.07 Å². The number of nitrogens with one attached hydrogen (secondary N) is 1. The summed E-state index contributed by atoms with van der Waals surface area (Å²) in [5.41, 5.74) is 0.368. The minimum atomic E-state index is -0.523. The third-order valence-corrected chi connectivity index (χ3v) is 2.61. The molecule has 0 saturated carbocycles.